The Hall–Kier alpha value is -2.71. The molecule has 2 aromatic heterocycles. The molecule has 3 rings (SSSR count). The first-order valence-corrected chi connectivity index (χ1v) is 7.82. The van der Waals surface area contributed by atoms with Crippen molar-refractivity contribution in [1.82, 2.24) is 15.1 Å². The van der Waals surface area contributed by atoms with Gasteiger partial charge in [-0.1, -0.05) is 0 Å². The second kappa shape index (κ2) is 6.42. The van der Waals surface area contributed by atoms with E-state index in [9.17, 15) is 10.1 Å². The number of anilines is 2. The van der Waals surface area contributed by atoms with Crippen LogP contribution >= 0.6 is 0 Å². The van der Waals surface area contributed by atoms with E-state index < -0.39 is 0 Å². The minimum atomic E-state index is -0.372. The summed E-state index contributed by atoms with van der Waals surface area (Å²) in [5.41, 5.74) is 0.837. The number of piperidine rings is 1. The van der Waals surface area contributed by atoms with E-state index in [0.717, 1.165) is 18.4 Å². The van der Waals surface area contributed by atoms with Crippen molar-refractivity contribution >= 4 is 17.5 Å². The maximum absolute atomic E-state index is 11.3. The van der Waals surface area contributed by atoms with Crippen LogP contribution in [0.1, 0.15) is 30.2 Å². The Labute approximate surface area is 139 Å². The molecule has 0 aliphatic carbocycles. The second-order valence-electron chi connectivity index (χ2n) is 6.20. The van der Waals surface area contributed by atoms with Gasteiger partial charge in [0.1, 0.15) is 0 Å². The van der Waals surface area contributed by atoms with Crippen LogP contribution < -0.4 is 9.80 Å². The highest BCUT2D eigenvalue weighted by Gasteiger charge is 2.29. The second-order valence-corrected chi connectivity index (χ2v) is 6.20. The predicted molar refractivity (Wildman–Crippen MR) is 88.4 cm³/mol. The maximum Gasteiger partial charge on any atom is 0.311 e. The average molecular weight is 332 g/mol. The van der Waals surface area contributed by atoms with Crippen LogP contribution in [-0.4, -0.2) is 47.2 Å². The first-order chi connectivity index (χ1) is 11.5. The highest BCUT2D eigenvalue weighted by molar-refractivity contribution is 5.58. The summed E-state index contributed by atoms with van der Waals surface area (Å²) in [6.45, 7) is 3.14. The molecule has 128 valence electrons. The summed E-state index contributed by atoms with van der Waals surface area (Å²) in [6, 6.07) is 1.57. The van der Waals surface area contributed by atoms with Gasteiger partial charge in [0.2, 0.25) is 11.7 Å². The van der Waals surface area contributed by atoms with Gasteiger partial charge in [-0.05, 0) is 30.5 Å². The molecular formula is C15H20N6O3. The highest BCUT2D eigenvalue weighted by atomic mass is 16.6. The number of nitrogens with zero attached hydrogens (tertiary/aromatic N) is 6. The molecule has 1 aliphatic rings. The third-order valence-electron chi connectivity index (χ3n) is 4.16. The Morgan fingerprint density at radius 3 is 2.67 bits per heavy atom. The van der Waals surface area contributed by atoms with E-state index in [4.69, 9.17) is 4.52 Å². The molecule has 0 amide bonds. The first-order valence-electron chi connectivity index (χ1n) is 7.82. The summed E-state index contributed by atoms with van der Waals surface area (Å²) in [7, 11) is 3.72. The summed E-state index contributed by atoms with van der Waals surface area (Å²) >= 11 is 0. The van der Waals surface area contributed by atoms with Gasteiger partial charge in [-0.3, -0.25) is 10.1 Å². The summed E-state index contributed by atoms with van der Waals surface area (Å²) in [4.78, 5) is 23.3. The molecule has 0 saturated carbocycles. The number of hydrogen-bond donors (Lipinski definition) is 0. The molecule has 0 aromatic carbocycles. The van der Waals surface area contributed by atoms with Crippen molar-refractivity contribution in [1.29, 1.82) is 0 Å². The quantitative estimate of drug-likeness (QED) is 0.620. The topological polar surface area (TPSA) is 101 Å². The van der Waals surface area contributed by atoms with Crippen molar-refractivity contribution in [2.75, 3.05) is 37.0 Å². The monoisotopic (exact) mass is 332 g/mol. The molecule has 0 bridgehead atoms. The maximum atomic E-state index is 11.3. The van der Waals surface area contributed by atoms with E-state index in [-0.39, 0.29) is 16.5 Å². The van der Waals surface area contributed by atoms with Crippen LogP contribution in [0.2, 0.25) is 0 Å². The molecule has 0 spiro atoms. The van der Waals surface area contributed by atoms with Crippen molar-refractivity contribution in [3.8, 4) is 0 Å². The standard InChI is InChI=1S/C15H20N6O3/c1-10-8-12(21(22)23)13(16-9-10)20-6-4-11(5-7-20)14-17-15(18-24-14)19(2)3/h8-9,11H,4-7H2,1-3H3. The van der Waals surface area contributed by atoms with Crippen LogP contribution in [0.4, 0.5) is 17.5 Å². The van der Waals surface area contributed by atoms with E-state index in [2.05, 4.69) is 15.1 Å². The van der Waals surface area contributed by atoms with Crippen LogP contribution in [0.25, 0.3) is 0 Å². The Morgan fingerprint density at radius 1 is 1.38 bits per heavy atom. The summed E-state index contributed by atoms with van der Waals surface area (Å²) in [6.07, 6.45) is 3.25. The highest BCUT2D eigenvalue weighted by Crippen LogP contribution is 2.33. The molecule has 1 saturated heterocycles. The fraction of sp³-hybridized carbons (Fsp3) is 0.533. The number of aromatic nitrogens is 3. The molecule has 2 aromatic rings. The number of nitro groups is 1. The average Bonchev–Trinajstić information content (AvgIpc) is 3.05. The molecule has 0 radical (unpaired) electrons. The van der Waals surface area contributed by atoms with Crippen LogP contribution in [-0.2, 0) is 0 Å². The van der Waals surface area contributed by atoms with Crippen LogP contribution in [0, 0.1) is 17.0 Å². The summed E-state index contributed by atoms with van der Waals surface area (Å²) < 4.78 is 5.34. The van der Waals surface area contributed by atoms with E-state index in [0.29, 0.717) is 30.7 Å². The molecule has 1 aliphatic heterocycles. The number of pyridine rings is 1. The van der Waals surface area contributed by atoms with Gasteiger partial charge < -0.3 is 14.3 Å². The van der Waals surface area contributed by atoms with Gasteiger partial charge in [-0.25, -0.2) is 4.98 Å². The van der Waals surface area contributed by atoms with Crippen molar-refractivity contribution in [2.45, 2.75) is 25.7 Å². The number of aryl methyl sites for hydroxylation is 1. The first kappa shape index (κ1) is 16.2. The van der Waals surface area contributed by atoms with E-state index >= 15 is 0 Å². The van der Waals surface area contributed by atoms with Gasteiger partial charge in [0, 0.05) is 45.4 Å². The van der Waals surface area contributed by atoms with Gasteiger partial charge in [0.15, 0.2) is 0 Å². The van der Waals surface area contributed by atoms with E-state index in [1.807, 2.05) is 19.0 Å². The predicted octanol–water partition coefficient (Wildman–Crippen LogP) is 2.13. The zero-order valence-electron chi connectivity index (χ0n) is 14.0. The molecule has 0 unspecified atom stereocenters. The zero-order valence-corrected chi connectivity index (χ0v) is 14.0. The number of hydrogen-bond acceptors (Lipinski definition) is 8. The fourth-order valence-corrected chi connectivity index (χ4v) is 2.84. The summed E-state index contributed by atoms with van der Waals surface area (Å²) in [5, 5.41) is 15.2. The molecule has 0 atom stereocenters. The lowest BCUT2D eigenvalue weighted by Crippen LogP contribution is -2.34. The van der Waals surface area contributed by atoms with Crippen molar-refractivity contribution < 1.29 is 9.45 Å². The van der Waals surface area contributed by atoms with Crippen molar-refractivity contribution in [3.05, 3.63) is 33.8 Å². The molecule has 3 heterocycles. The molecular weight excluding hydrogens is 312 g/mol. The van der Waals surface area contributed by atoms with Gasteiger partial charge in [0.05, 0.1) is 4.92 Å². The largest absolute Gasteiger partial charge is 0.351 e. The normalized spacial score (nSPS) is 15.5. The van der Waals surface area contributed by atoms with Gasteiger partial charge in [-0.2, -0.15) is 4.98 Å². The van der Waals surface area contributed by atoms with Crippen LogP contribution in [0.15, 0.2) is 16.8 Å². The Balaban J connectivity index is 1.72. The SMILES string of the molecule is Cc1cnc(N2CCC(c3nc(N(C)C)no3)CC2)c([N+](=O)[O-])c1. The van der Waals surface area contributed by atoms with Crippen LogP contribution in [0.3, 0.4) is 0 Å². The van der Waals surface area contributed by atoms with Gasteiger partial charge in [-0.15, -0.1) is 0 Å². The fourth-order valence-electron chi connectivity index (χ4n) is 2.84. The van der Waals surface area contributed by atoms with Crippen molar-refractivity contribution in [3.63, 3.8) is 0 Å². The third-order valence-corrected chi connectivity index (χ3v) is 4.16. The lowest BCUT2D eigenvalue weighted by atomic mass is 9.96. The molecule has 9 heteroatoms. The molecule has 9 nitrogen and oxygen atoms in total. The molecule has 24 heavy (non-hydrogen) atoms. The minimum Gasteiger partial charge on any atom is -0.351 e. The van der Waals surface area contributed by atoms with E-state index in [1.54, 1.807) is 24.1 Å². The lowest BCUT2D eigenvalue weighted by Gasteiger charge is -2.30. The zero-order chi connectivity index (χ0) is 17.3. The van der Waals surface area contributed by atoms with Crippen molar-refractivity contribution in [2.24, 2.45) is 0 Å². The Kier molecular flexibility index (Phi) is 4.32. The molecule has 0 N–H and O–H groups in total. The third kappa shape index (κ3) is 3.15. The van der Waals surface area contributed by atoms with Gasteiger partial charge in [0.25, 0.3) is 5.95 Å². The molecule has 1 fully saturated rings. The van der Waals surface area contributed by atoms with Gasteiger partial charge >= 0.3 is 5.69 Å². The number of rotatable bonds is 4. The Bertz CT molecular complexity index is 737. The smallest absolute Gasteiger partial charge is 0.311 e. The Morgan fingerprint density at radius 2 is 2.08 bits per heavy atom. The van der Waals surface area contributed by atoms with Crippen LogP contribution in [0.5, 0.6) is 0 Å². The minimum absolute atomic E-state index is 0.0566. The van der Waals surface area contributed by atoms with E-state index in [1.165, 1.54) is 0 Å². The summed E-state index contributed by atoms with van der Waals surface area (Å²) in [5.74, 6) is 1.79. The lowest BCUT2D eigenvalue weighted by molar-refractivity contribution is -0.384.